The highest BCUT2D eigenvalue weighted by atomic mass is 16.1. The normalized spacial score (nSPS) is 17.3. The molecule has 5 rings (SSSR count). The summed E-state index contributed by atoms with van der Waals surface area (Å²) in [5, 5.41) is 11.7. The average Bonchev–Trinajstić information content (AvgIpc) is 3.25. The molecule has 33 heavy (non-hydrogen) atoms. The third-order valence-electron chi connectivity index (χ3n) is 6.00. The molecular weight excluding hydrogens is 416 g/mol. The van der Waals surface area contributed by atoms with Crippen molar-refractivity contribution in [1.82, 2.24) is 34.4 Å². The van der Waals surface area contributed by atoms with E-state index in [1.807, 2.05) is 60.1 Å². The quantitative estimate of drug-likeness (QED) is 0.508. The third kappa shape index (κ3) is 4.59. The van der Waals surface area contributed by atoms with E-state index < -0.39 is 0 Å². The maximum Gasteiger partial charge on any atom is 0.257 e. The van der Waals surface area contributed by atoms with Crippen LogP contribution in [0.25, 0.3) is 5.65 Å². The van der Waals surface area contributed by atoms with E-state index in [9.17, 15) is 4.79 Å². The molecule has 0 spiro atoms. The summed E-state index contributed by atoms with van der Waals surface area (Å²) in [5.74, 6) is 0.626. The van der Waals surface area contributed by atoms with Crippen molar-refractivity contribution in [2.45, 2.75) is 19.5 Å². The van der Waals surface area contributed by atoms with Crippen molar-refractivity contribution in [3.05, 3.63) is 83.8 Å². The van der Waals surface area contributed by atoms with Crippen LogP contribution >= 0.6 is 0 Å². The van der Waals surface area contributed by atoms with Gasteiger partial charge in [0.1, 0.15) is 0 Å². The number of hydrogen-bond donors (Lipinski definition) is 1. The predicted octanol–water partition coefficient (Wildman–Crippen LogP) is 2.57. The first-order chi connectivity index (χ1) is 16.1. The number of hydrogen-bond acceptors (Lipinski definition) is 7. The van der Waals surface area contributed by atoms with Crippen molar-refractivity contribution < 1.29 is 4.79 Å². The summed E-state index contributed by atoms with van der Waals surface area (Å²) in [4.78, 5) is 26.2. The van der Waals surface area contributed by atoms with E-state index in [2.05, 4.69) is 42.3 Å². The van der Waals surface area contributed by atoms with E-state index >= 15 is 0 Å². The molecule has 1 aliphatic rings. The number of rotatable bonds is 5. The highest BCUT2D eigenvalue weighted by molar-refractivity contribution is 6.04. The standard InChI is InChI=1S/C24H26N8O/c1-17-6-8-19(13-26-17)27-24(33)18-7-9-22-28-29-23(32(22)14-18)21-16-31(12-11-30(21)2)15-20-5-3-4-10-25-20/h3-10,13-14,21H,11-12,15-16H2,1-2H3,(H,27,33)/t21-/m0/s1. The molecule has 4 aromatic rings. The Morgan fingerprint density at radius 2 is 2.00 bits per heavy atom. The minimum Gasteiger partial charge on any atom is -0.321 e. The van der Waals surface area contributed by atoms with Crippen molar-refractivity contribution in [3.63, 3.8) is 0 Å². The van der Waals surface area contributed by atoms with Gasteiger partial charge < -0.3 is 5.32 Å². The highest BCUT2D eigenvalue weighted by Gasteiger charge is 2.29. The van der Waals surface area contributed by atoms with Crippen molar-refractivity contribution >= 4 is 17.2 Å². The number of nitrogens with zero attached hydrogens (tertiary/aromatic N) is 7. The van der Waals surface area contributed by atoms with E-state index in [1.165, 1.54) is 0 Å². The summed E-state index contributed by atoms with van der Waals surface area (Å²) in [5.41, 5.74) is 3.86. The van der Waals surface area contributed by atoms with Crippen molar-refractivity contribution in [1.29, 1.82) is 0 Å². The molecule has 1 fully saturated rings. The molecule has 1 saturated heterocycles. The van der Waals surface area contributed by atoms with Crippen LogP contribution in [0.15, 0.2) is 61.1 Å². The molecule has 0 bridgehead atoms. The number of piperazine rings is 1. The molecule has 0 unspecified atom stereocenters. The van der Waals surface area contributed by atoms with E-state index in [-0.39, 0.29) is 11.9 Å². The number of pyridine rings is 3. The van der Waals surface area contributed by atoms with Gasteiger partial charge in [0.2, 0.25) is 0 Å². The van der Waals surface area contributed by atoms with Gasteiger partial charge in [-0.1, -0.05) is 6.07 Å². The van der Waals surface area contributed by atoms with Crippen LogP contribution in [-0.4, -0.2) is 67.0 Å². The molecule has 0 saturated carbocycles. The number of fused-ring (bicyclic) bond motifs is 1. The monoisotopic (exact) mass is 442 g/mol. The SMILES string of the molecule is Cc1ccc(NC(=O)c2ccc3nnc([C@@H]4CN(Cc5ccccn5)CCN4C)n3c2)cn1. The first-order valence-electron chi connectivity index (χ1n) is 11.0. The lowest BCUT2D eigenvalue weighted by atomic mass is 10.1. The zero-order chi connectivity index (χ0) is 22.8. The van der Waals surface area contributed by atoms with Crippen LogP contribution in [0.5, 0.6) is 0 Å². The molecule has 0 aromatic carbocycles. The highest BCUT2D eigenvalue weighted by Crippen LogP contribution is 2.24. The smallest absolute Gasteiger partial charge is 0.257 e. The van der Waals surface area contributed by atoms with Gasteiger partial charge in [0.15, 0.2) is 11.5 Å². The lowest BCUT2D eigenvalue weighted by Crippen LogP contribution is -2.46. The Bertz CT molecular complexity index is 1250. The van der Waals surface area contributed by atoms with Crippen LogP contribution in [0.2, 0.25) is 0 Å². The summed E-state index contributed by atoms with van der Waals surface area (Å²) >= 11 is 0. The Kier molecular flexibility index (Phi) is 5.80. The number of aromatic nitrogens is 5. The van der Waals surface area contributed by atoms with Gasteiger partial charge >= 0.3 is 0 Å². The van der Waals surface area contributed by atoms with Crippen LogP contribution in [0.4, 0.5) is 5.69 Å². The fourth-order valence-corrected chi connectivity index (χ4v) is 4.09. The second-order valence-electron chi connectivity index (χ2n) is 8.40. The van der Waals surface area contributed by atoms with Gasteiger partial charge in [0, 0.05) is 44.3 Å². The summed E-state index contributed by atoms with van der Waals surface area (Å²) in [7, 11) is 2.10. The Labute approximate surface area is 192 Å². The predicted molar refractivity (Wildman–Crippen MR) is 125 cm³/mol. The Morgan fingerprint density at radius 1 is 1.09 bits per heavy atom. The van der Waals surface area contributed by atoms with Crippen LogP contribution in [0.1, 0.15) is 33.6 Å². The lowest BCUT2D eigenvalue weighted by molar-refractivity contribution is 0.0844. The number of anilines is 1. The molecule has 5 heterocycles. The van der Waals surface area contributed by atoms with Gasteiger partial charge in [0.05, 0.1) is 29.2 Å². The summed E-state index contributed by atoms with van der Waals surface area (Å²) < 4.78 is 1.92. The van der Waals surface area contributed by atoms with E-state index in [0.29, 0.717) is 16.9 Å². The second kappa shape index (κ2) is 9.05. The number of aryl methyl sites for hydroxylation is 1. The molecule has 1 N–H and O–H groups in total. The first-order valence-corrected chi connectivity index (χ1v) is 11.0. The third-order valence-corrected chi connectivity index (χ3v) is 6.00. The molecule has 1 amide bonds. The maximum absolute atomic E-state index is 12.9. The average molecular weight is 443 g/mol. The second-order valence-corrected chi connectivity index (χ2v) is 8.40. The van der Waals surface area contributed by atoms with Crippen LogP contribution < -0.4 is 5.32 Å². The molecule has 9 heteroatoms. The molecule has 168 valence electrons. The van der Waals surface area contributed by atoms with Gasteiger partial charge in [-0.15, -0.1) is 10.2 Å². The summed E-state index contributed by atoms with van der Waals surface area (Å²) in [6.45, 7) is 5.37. The fraction of sp³-hybridized carbons (Fsp3) is 0.292. The van der Waals surface area contributed by atoms with Gasteiger partial charge in [-0.2, -0.15) is 0 Å². The van der Waals surface area contributed by atoms with E-state index in [0.717, 1.165) is 43.4 Å². The summed E-state index contributed by atoms with van der Waals surface area (Å²) in [6.07, 6.45) is 5.30. The molecule has 1 atom stereocenters. The van der Waals surface area contributed by atoms with Crippen molar-refractivity contribution in [3.8, 4) is 0 Å². The first kappa shape index (κ1) is 21.2. The molecule has 0 radical (unpaired) electrons. The Morgan fingerprint density at radius 3 is 2.79 bits per heavy atom. The number of carbonyl (C=O) groups is 1. The Balaban J connectivity index is 1.38. The zero-order valence-electron chi connectivity index (χ0n) is 18.7. The number of likely N-dealkylation sites (N-methyl/N-ethyl adjacent to an activating group) is 1. The number of amides is 1. The van der Waals surface area contributed by atoms with Gasteiger partial charge in [-0.3, -0.25) is 29.0 Å². The maximum atomic E-state index is 12.9. The molecule has 0 aliphatic carbocycles. The topological polar surface area (TPSA) is 91.5 Å². The molecular formula is C24H26N8O. The molecule has 1 aliphatic heterocycles. The lowest BCUT2D eigenvalue weighted by Gasteiger charge is -2.38. The van der Waals surface area contributed by atoms with Crippen LogP contribution in [0, 0.1) is 6.92 Å². The van der Waals surface area contributed by atoms with Crippen molar-refractivity contribution in [2.75, 3.05) is 32.0 Å². The van der Waals surface area contributed by atoms with Gasteiger partial charge in [0.25, 0.3) is 5.91 Å². The fourth-order valence-electron chi connectivity index (χ4n) is 4.09. The van der Waals surface area contributed by atoms with Gasteiger partial charge in [-0.25, -0.2) is 0 Å². The van der Waals surface area contributed by atoms with Gasteiger partial charge in [-0.05, 0) is 50.4 Å². The minimum atomic E-state index is -0.198. The molecule has 4 aromatic heterocycles. The number of nitrogens with one attached hydrogen (secondary N) is 1. The zero-order valence-corrected chi connectivity index (χ0v) is 18.7. The largest absolute Gasteiger partial charge is 0.321 e. The van der Waals surface area contributed by atoms with Crippen LogP contribution in [0.3, 0.4) is 0 Å². The molecule has 9 nitrogen and oxygen atoms in total. The van der Waals surface area contributed by atoms with Crippen LogP contribution in [-0.2, 0) is 6.54 Å². The van der Waals surface area contributed by atoms with E-state index in [1.54, 1.807) is 12.3 Å². The minimum absolute atomic E-state index is 0.0528. The Hall–Kier alpha value is -3.69. The van der Waals surface area contributed by atoms with Crippen molar-refractivity contribution in [2.24, 2.45) is 0 Å². The van der Waals surface area contributed by atoms with E-state index in [4.69, 9.17) is 0 Å². The summed E-state index contributed by atoms with van der Waals surface area (Å²) in [6, 6.07) is 13.4. The number of carbonyl (C=O) groups excluding carboxylic acids is 1.